The Kier molecular flexibility index (Phi) is 4.26. The maximum atomic E-state index is 9.74. The molecular formula is C6H12O3. The van der Waals surface area contributed by atoms with Gasteiger partial charge >= 0.3 is 0 Å². The van der Waals surface area contributed by atoms with Crippen LogP contribution in [0.1, 0.15) is 19.8 Å². The van der Waals surface area contributed by atoms with Crippen molar-refractivity contribution < 1.29 is 15.0 Å². The van der Waals surface area contributed by atoms with Gasteiger partial charge in [0.2, 0.25) is 0 Å². The van der Waals surface area contributed by atoms with Gasteiger partial charge in [0.15, 0.2) is 0 Å². The van der Waals surface area contributed by atoms with Crippen molar-refractivity contribution in [1.29, 1.82) is 0 Å². The Morgan fingerprint density at radius 3 is 2.44 bits per heavy atom. The monoisotopic (exact) mass is 132 g/mol. The summed E-state index contributed by atoms with van der Waals surface area (Å²) in [6.07, 6.45) is -0.0982. The van der Waals surface area contributed by atoms with Crippen LogP contribution in [-0.4, -0.2) is 28.7 Å². The van der Waals surface area contributed by atoms with Crippen LogP contribution in [0.4, 0.5) is 0 Å². The highest BCUT2D eigenvalue weighted by Gasteiger charge is 2.08. The smallest absolute Gasteiger partial charge is 0.120 e. The second-order valence-corrected chi connectivity index (χ2v) is 2.05. The average Bonchev–Trinajstić information content (AvgIpc) is 1.82. The lowest BCUT2D eigenvalue weighted by molar-refractivity contribution is -0.108. The molecule has 0 spiro atoms. The Morgan fingerprint density at radius 2 is 2.11 bits per heavy atom. The van der Waals surface area contributed by atoms with E-state index in [-0.39, 0.29) is 0 Å². The van der Waals surface area contributed by atoms with Gasteiger partial charge in [0, 0.05) is 6.42 Å². The van der Waals surface area contributed by atoms with Gasteiger partial charge in [0.05, 0.1) is 12.2 Å². The largest absolute Gasteiger partial charge is 0.391 e. The summed E-state index contributed by atoms with van der Waals surface area (Å²) in [5.41, 5.74) is 0. The molecule has 0 rings (SSSR count). The molecule has 0 bridgehead atoms. The predicted molar refractivity (Wildman–Crippen MR) is 33.0 cm³/mol. The number of aldehydes is 1. The number of carbonyl (C=O) groups excluding carboxylic acids is 1. The Labute approximate surface area is 54.3 Å². The molecule has 2 atom stereocenters. The molecule has 9 heavy (non-hydrogen) atoms. The summed E-state index contributed by atoms with van der Waals surface area (Å²) in [7, 11) is 0. The summed E-state index contributed by atoms with van der Waals surface area (Å²) in [6, 6.07) is 0. The van der Waals surface area contributed by atoms with Crippen LogP contribution >= 0.6 is 0 Å². The zero-order valence-electron chi connectivity index (χ0n) is 5.45. The summed E-state index contributed by atoms with van der Waals surface area (Å²) < 4.78 is 0. The third kappa shape index (κ3) is 4.12. The number of carbonyl (C=O) groups is 1. The van der Waals surface area contributed by atoms with Gasteiger partial charge in [-0.2, -0.15) is 0 Å². The van der Waals surface area contributed by atoms with Crippen LogP contribution in [0.25, 0.3) is 0 Å². The fourth-order valence-electron chi connectivity index (χ4n) is 0.480. The summed E-state index contributed by atoms with van der Waals surface area (Å²) in [5, 5.41) is 17.5. The molecule has 0 fully saturated rings. The molecule has 0 aromatic rings. The molecule has 0 amide bonds. The lowest BCUT2D eigenvalue weighted by Gasteiger charge is -2.10. The van der Waals surface area contributed by atoms with E-state index in [1.165, 1.54) is 6.92 Å². The van der Waals surface area contributed by atoms with Crippen LogP contribution in [-0.2, 0) is 4.79 Å². The van der Waals surface area contributed by atoms with Crippen molar-refractivity contribution in [3.05, 3.63) is 0 Å². The van der Waals surface area contributed by atoms with E-state index in [4.69, 9.17) is 10.2 Å². The SMILES string of the molecule is C[C@H](O)[C@H](O)CCC=O. The molecule has 0 radical (unpaired) electrons. The molecule has 0 aliphatic rings. The van der Waals surface area contributed by atoms with Crippen LogP contribution in [0.5, 0.6) is 0 Å². The van der Waals surface area contributed by atoms with Gasteiger partial charge in [0.1, 0.15) is 6.29 Å². The summed E-state index contributed by atoms with van der Waals surface area (Å²) in [6.45, 7) is 1.50. The van der Waals surface area contributed by atoms with Crippen LogP contribution < -0.4 is 0 Å². The molecular weight excluding hydrogens is 120 g/mol. The number of aliphatic hydroxyl groups excluding tert-OH is 2. The Hall–Kier alpha value is -0.410. The third-order valence-corrected chi connectivity index (χ3v) is 1.14. The molecule has 0 aromatic carbocycles. The zero-order chi connectivity index (χ0) is 7.28. The van der Waals surface area contributed by atoms with E-state index in [2.05, 4.69) is 0 Å². The van der Waals surface area contributed by atoms with Crippen LogP contribution in [0.2, 0.25) is 0 Å². The summed E-state index contributed by atoms with van der Waals surface area (Å²) >= 11 is 0. The highest BCUT2D eigenvalue weighted by Crippen LogP contribution is 1.99. The molecule has 0 aliphatic carbocycles. The Bertz CT molecular complexity index is 80.4. The van der Waals surface area contributed by atoms with E-state index in [1.807, 2.05) is 0 Å². The lowest BCUT2D eigenvalue weighted by atomic mass is 10.1. The molecule has 54 valence electrons. The minimum absolute atomic E-state index is 0.312. The first-order valence-electron chi connectivity index (χ1n) is 2.98. The van der Waals surface area contributed by atoms with Gasteiger partial charge in [-0.1, -0.05) is 0 Å². The summed E-state index contributed by atoms with van der Waals surface area (Å²) in [5.74, 6) is 0. The van der Waals surface area contributed by atoms with Gasteiger partial charge in [-0.15, -0.1) is 0 Å². The van der Waals surface area contributed by atoms with E-state index in [0.29, 0.717) is 12.8 Å². The van der Waals surface area contributed by atoms with E-state index < -0.39 is 12.2 Å². The zero-order valence-corrected chi connectivity index (χ0v) is 5.45. The van der Waals surface area contributed by atoms with Crippen LogP contribution in [0.15, 0.2) is 0 Å². The van der Waals surface area contributed by atoms with E-state index in [1.54, 1.807) is 0 Å². The summed E-state index contributed by atoms with van der Waals surface area (Å²) in [4.78, 5) is 9.74. The second kappa shape index (κ2) is 4.47. The van der Waals surface area contributed by atoms with Crippen molar-refractivity contribution in [1.82, 2.24) is 0 Å². The molecule has 0 aromatic heterocycles. The molecule has 0 heterocycles. The molecule has 3 nitrogen and oxygen atoms in total. The average molecular weight is 132 g/mol. The molecule has 0 aliphatic heterocycles. The minimum atomic E-state index is -0.754. The van der Waals surface area contributed by atoms with Crippen molar-refractivity contribution in [2.45, 2.75) is 32.0 Å². The van der Waals surface area contributed by atoms with Crippen molar-refractivity contribution in [3.8, 4) is 0 Å². The number of hydrogen-bond donors (Lipinski definition) is 2. The van der Waals surface area contributed by atoms with Gasteiger partial charge < -0.3 is 15.0 Å². The minimum Gasteiger partial charge on any atom is -0.391 e. The first-order valence-corrected chi connectivity index (χ1v) is 2.98. The maximum absolute atomic E-state index is 9.74. The van der Waals surface area contributed by atoms with Gasteiger partial charge in [-0.3, -0.25) is 0 Å². The van der Waals surface area contributed by atoms with E-state index >= 15 is 0 Å². The normalized spacial score (nSPS) is 16.8. The number of rotatable bonds is 4. The molecule has 0 saturated carbocycles. The van der Waals surface area contributed by atoms with Crippen molar-refractivity contribution >= 4 is 6.29 Å². The third-order valence-electron chi connectivity index (χ3n) is 1.14. The molecule has 0 unspecified atom stereocenters. The van der Waals surface area contributed by atoms with Crippen LogP contribution in [0.3, 0.4) is 0 Å². The van der Waals surface area contributed by atoms with Crippen molar-refractivity contribution in [2.24, 2.45) is 0 Å². The fourth-order valence-corrected chi connectivity index (χ4v) is 0.480. The first kappa shape index (κ1) is 8.59. The maximum Gasteiger partial charge on any atom is 0.120 e. The van der Waals surface area contributed by atoms with Gasteiger partial charge in [-0.05, 0) is 13.3 Å². The Morgan fingerprint density at radius 1 is 1.56 bits per heavy atom. The van der Waals surface area contributed by atoms with Gasteiger partial charge in [0.25, 0.3) is 0 Å². The molecule has 3 heteroatoms. The van der Waals surface area contributed by atoms with E-state index in [9.17, 15) is 4.79 Å². The Balaban J connectivity index is 3.26. The number of aliphatic hydroxyl groups is 2. The topological polar surface area (TPSA) is 57.5 Å². The second-order valence-electron chi connectivity index (χ2n) is 2.05. The van der Waals surface area contributed by atoms with E-state index in [0.717, 1.165) is 6.29 Å². The van der Waals surface area contributed by atoms with Crippen molar-refractivity contribution in [2.75, 3.05) is 0 Å². The van der Waals surface area contributed by atoms with Gasteiger partial charge in [-0.25, -0.2) is 0 Å². The lowest BCUT2D eigenvalue weighted by Crippen LogP contribution is -2.22. The number of hydrogen-bond acceptors (Lipinski definition) is 3. The molecule has 2 N–H and O–H groups in total. The molecule has 0 saturated heterocycles. The van der Waals surface area contributed by atoms with Crippen LogP contribution in [0, 0.1) is 0 Å². The highest BCUT2D eigenvalue weighted by molar-refractivity contribution is 5.49. The first-order chi connectivity index (χ1) is 4.18. The highest BCUT2D eigenvalue weighted by atomic mass is 16.3. The fraction of sp³-hybridized carbons (Fsp3) is 0.833. The van der Waals surface area contributed by atoms with Crippen molar-refractivity contribution in [3.63, 3.8) is 0 Å². The standard InChI is InChI=1S/C6H12O3/c1-5(8)6(9)3-2-4-7/h4-6,8-9H,2-3H2,1H3/t5-,6+/m0/s1. The quantitative estimate of drug-likeness (QED) is 0.517. The predicted octanol–water partition coefficient (Wildman–Crippen LogP) is -0.293.